The molecule has 30 heavy (non-hydrogen) atoms. The van der Waals surface area contributed by atoms with Crippen LogP contribution in [0.25, 0.3) is 0 Å². The Morgan fingerprint density at radius 3 is 2.57 bits per heavy atom. The predicted molar refractivity (Wildman–Crippen MR) is 109 cm³/mol. The molecule has 0 saturated carbocycles. The van der Waals surface area contributed by atoms with Crippen LogP contribution in [0, 0.1) is 11.8 Å². The molecule has 0 aromatic heterocycles. The van der Waals surface area contributed by atoms with Crippen LogP contribution >= 0.6 is 0 Å². The zero-order chi connectivity index (χ0) is 22.3. The maximum Gasteiger partial charge on any atom is 0.312 e. The van der Waals surface area contributed by atoms with Gasteiger partial charge in [-0.15, -0.1) is 0 Å². The summed E-state index contributed by atoms with van der Waals surface area (Å²) in [5, 5.41) is 12.8. The second kappa shape index (κ2) is 8.46. The monoisotopic (exact) mass is 424 g/mol. The average molecular weight is 425 g/mol. The SMILES string of the molecule is CCCC(C)NC(=O)C1N([C@H](C)CO)C(=O)[C@@H]2[C@@H](C(=O)OCC)[C@@]3(CC)CCC12O3. The van der Waals surface area contributed by atoms with Crippen molar-refractivity contribution in [2.45, 2.75) is 96.1 Å². The van der Waals surface area contributed by atoms with E-state index in [1.165, 1.54) is 4.90 Å². The molecule has 3 aliphatic rings. The third-order valence-electron chi connectivity index (χ3n) is 7.26. The zero-order valence-corrected chi connectivity index (χ0v) is 18.8. The fourth-order valence-corrected chi connectivity index (χ4v) is 5.94. The number of fused-ring (bicyclic) bond motifs is 1. The van der Waals surface area contributed by atoms with Gasteiger partial charge in [-0.3, -0.25) is 14.4 Å². The molecule has 3 fully saturated rings. The second-order valence-corrected chi connectivity index (χ2v) is 9.06. The molecule has 0 aliphatic carbocycles. The van der Waals surface area contributed by atoms with Crippen molar-refractivity contribution in [2.24, 2.45) is 11.8 Å². The van der Waals surface area contributed by atoms with Crippen molar-refractivity contribution >= 4 is 17.8 Å². The van der Waals surface area contributed by atoms with Gasteiger partial charge >= 0.3 is 5.97 Å². The number of aliphatic hydroxyl groups excluding tert-OH is 1. The molecule has 0 aromatic rings. The van der Waals surface area contributed by atoms with Gasteiger partial charge in [0.05, 0.1) is 30.8 Å². The van der Waals surface area contributed by atoms with E-state index < -0.39 is 41.1 Å². The summed E-state index contributed by atoms with van der Waals surface area (Å²) in [6.07, 6.45) is 3.45. The van der Waals surface area contributed by atoms with Crippen molar-refractivity contribution in [1.82, 2.24) is 10.2 Å². The molecule has 3 aliphatic heterocycles. The Balaban J connectivity index is 2.05. The lowest BCUT2D eigenvalue weighted by Crippen LogP contribution is -2.58. The van der Waals surface area contributed by atoms with Gasteiger partial charge in [0.25, 0.3) is 0 Å². The molecular formula is C22H36N2O6. The standard InChI is InChI=1S/C22H36N2O6/c1-6-9-13(4)23-18(26)17-22-11-10-21(7-2,30-22)16(20(28)29-8-3)15(22)19(27)24(17)14(5)12-25/h13-17,25H,6-12H2,1-5H3,(H,23,26)/t13?,14-,15+,16+,17?,21-,22?/m1/s1. The molecule has 0 radical (unpaired) electrons. The van der Waals surface area contributed by atoms with E-state index in [1.807, 2.05) is 20.8 Å². The maximum absolute atomic E-state index is 13.6. The number of rotatable bonds is 9. The summed E-state index contributed by atoms with van der Waals surface area (Å²) in [6, 6.07) is -1.47. The summed E-state index contributed by atoms with van der Waals surface area (Å²) in [6.45, 7) is 9.34. The molecule has 170 valence electrons. The third-order valence-corrected chi connectivity index (χ3v) is 7.26. The Labute approximate surface area is 178 Å². The summed E-state index contributed by atoms with van der Waals surface area (Å²) < 4.78 is 11.9. The van der Waals surface area contributed by atoms with Gasteiger partial charge in [0, 0.05) is 6.04 Å². The number of nitrogens with zero attached hydrogens (tertiary/aromatic N) is 1. The Morgan fingerprint density at radius 2 is 2.00 bits per heavy atom. The van der Waals surface area contributed by atoms with Gasteiger partial charge in [0.15, 0.2) is 0 Å². The van der Waals surface area contributed by atoms with E-state index in [9.17, 15) is 19.5 Å². The molecular weight excluding hydrogens is 388 g/mol. The lowest BCUT2D eigenvalue weighted by atomic mass is 9.65. The Kier molecular flexibility index (Phi) is 6.49. The minimum Gasteiger partial charge on any atom is -0.466 e. The normalized spacial score (nSPS) is 36.5. The van der Waals surface area contributed by atoms with Gasteiger partial charge in [0.2, 0.25) is 11.8 Å². The molecule has 3 heterocycles. The minimum atomic E-state index is -1.07. The van der Waals surface area contributed by atoms with E-state index in [1.54, 1.807) is 13.8 Å². The first-order valence-electron chi connectivity index (χ1n) is 11.3. The van der Waals surface area contributed by atoms with Crippen molar-refractivity contribution in [1.29, 1.82) is 0 Å². The smallest absolute Gasteiger partial charge is 0.312 e. The molecule has 3 unspecified atom stereocenters. The van der Waals surface area contributed by atoms with Crippen LogP contribution in [0.15, 0.2) is 0 Å². The highest BCUT2D eigenvalue weighted by Crippen LogP contribution is 2.64. The molecule has 8 heteroatoms. The van der Waals surface area contributed by atoms with Crippen molar-refractivity contribution < 1.29 is 29.0 Å². The van der Waals surface area contributed by atoms with Crippen LogP contribution in [0.4, 0.5) is 0 Å². The van der Waals surface area contributed by atoms with Gasteiger partial charge in [-0.05, 0) is 46.5 Å². The van der Waals surface area contributed by atoms with Crippen LogP contribution in [0.1, 0.15) is 66.7 Å². The highest BCUT2D eigenvalue weighted by molar-refractivity contribution is 5.98. The van der Waals surface area contributed by atoms with Crippen LogP contribution in [0.5, 0.6) is 0 Å². The topological polar surface area (TPSA) is 105 Å². The molecule has 3 saturated heterocycles. The number of nitrogens with one attached hydrogen (secondary N) is 1. The number of carbonyl (C=O) groups excluding carboxylic acids is 3. The third kappa shape index (κ3) is 3.23. The lowest BCUT2D eigenvalue weighted by molar-refractivity contribution is -0.161. The van der Waals surface area contributed by atoms with Gasteiger partial charge < -0.3 is 24.8 Å². The largest absolute Gasteiger partial charge is 0.466 e. The minimum absolute atomic E-state index is 0.0427. The molecule has 8 nitrogen and oxygen atoms in total. The number of aliphatic hydroxyl groups is 1. The van der Waals surface area contributed by atoms with Crippen LogP contribution < -0.4 is 5.32 Å². The molecule has 2 amide bonds. The lowest BCUT2D eigenvalue weighted by Gasteiger charge is -2.36. The first kappa shape index (κ1) is 23.0. The highest BCUT2D eigenvalue weighted by Gasteiger charge is 2.79. The van der Waals surface area contributed by atoms with E-state index in [-0.39, 0.29) is 31.1 Å². The summed E-state index contributed by atoms with van der Waals surface area (Å²) in [7, 11) is 0. The number of likely N-dealkylation sites (tertiary alicyclic amines) is 1. The number of ether oxygens (including phenoxy) is 2. The van der Waals surface area contributed by atoms with Crippen molar-refractivity contribution in [3.05, 3.63) is 0 Å². The van der Waals surface area contributed by atoms with E-state index >= 15 is 0 Å². The molecule has 1 spiro atoms. The van der Waals surface area contributed by atoms with Gasteiger partial charge in [0.1, 0.15) is 17.6 Å². The molecule has 0 aromatic carbocycles. The average Bonchev–Trinajstić information content (AvgIpc) is 3.31. The van der Waals surface area contributed by atoms with E-state index in [0.717, 1.165) is 12.8 Å². The van der Waals surface area contributed by atoms with Gasteiger partial charge in [-0.25, -0.2) is 0 Å². The van der Waals surface area contributed by atoms with Crippen LogP contribution in [-0.2, 0) is 23.9 Å². The second-order valence-electron chi connectivity index (χ2n) is 9.06. The Bertz CT molecular complexity index is 699. The molecule has 3 rings (SSSR count). The summed E-state index contributed by atoms with van der Waals surface area (Å²) in [5.74, 6) is -2.51. The Hall–Kier alpha value is -1.67. The summed E-state index contributed by atoms with van der Waals surface area (Å²) in [4.78, 5) is 41.5. The highest BCUT2D eigenvalue weighted by atomic mass is 16.6. The number of hydrogen-bond donors (Lipinski definition) is 2. The van der Waals surface area contributed by atoms with E-state index in [4.69, 9.17) is 9.47 Å². The van der Waals surface area contributed by atoms with Crippen molar-refractivity contribution in [3.8, 4) is 0 Å². The van der Waals surface area contributed by atoms with E-state index in [0.29, 0.717) is 19.3 Å². The first-order valence-corrected chi connectivity index (χ1v) is 11.3. The maximum atomic E-state index is 13.6. The Morgan fingerprint density at radius 1 is 1.30 bits per heavy atom. The molecule has 2 bridgehead atoms. The van der Waals surface area contributed by atoms with Gasteiger partial charge in [-0.1, -0.05) is 20.3 Å². The fourth-order valence-electron chi connectivity index (χ4n) is 5.94. The van der Waals surface area contributed by atoms with Crippen LogP contribution in [0.2, 0.25) is 0 Å². The van der Waals surface area contributed by atoms with Crippen molar-refractivity contribution in [3.63, 3.8) is 0 Å². The predicted octanol–water partition coefficient (Wildman–Crippen LogP) is 1.39. The first-order chi connectivity index (χ1) is 14.2. The summed E-state index contributed by atoms with van der Waals surface area (Å²) >= 11 is 0. The number of hydrogen-bond acceptors (Lipinski definition) is 6. The summed E-state index contributed by atoms with van der Waals surface area (Å²) in [5.41, 5.74) is -1.85. The molecule has 2 N–H and O–H groups in total. The van der Waals surface area contributed by atoms with Crippen molar-refractivity contribution in [2.75, 3.05) is 13.2 Å². The van der Waals surface area contributed by atoms with E-state index in [2.05, 4.69) is 5.32 Å². The number of esters is 1. The number of amides is 2. The zero-order valence-electron chi connectivity index (χ0n) is 18.8. The van der Waals surface area contributed by atoms with Gasteiger partial charge in [-0.2, -0.15) is 0 Å². The molecule has 7 atom stereocenters. The van der Waals surface area contributed by atoms with Crippen LogP contribution in [0.3, 0.4) is 0 Å². The van der Waals surface area contributed by atoms with Crippen LogP contribution in [-0.4, -0.2) is 70.3 Å². The number of carbonyl (C=O) groups is 3. The fraction of sp³-hybridized carbons (Fsp3) is 0.864. The quantitative estimate of drug-likeness (QED) is 0.542.